The number of hydrogen-bond donors (Lipinski definition) is 1. The minimum atomic E-state index is -0.253. The molecule has 0 spiro atoms. The summed E-state index contributed by atoms with van der Waals surface area (Å²) in [6.45, 7) is 4.19. The van der Waals surface area contributed by atoms with E-state index < -0.39 is 0 Å². The highest BCUT2D eigenvalue weighted by Gasteiger charge is 2.40. The normalized spacial score (nSPS) is 16.2. The lowest BCUT2D eigenvalue weighted by Crippen LogP contribution is -2.39. The predicted molar refractivity (Wildman–Crippen MR) is 134 cm³/mol. The minimum Gasteiger partial charge on any atom is -0.355 e. The lowest BCUT2D eigenvalue weighted by molar-refractivity contribution is 0.680. The van der Waals surface area contributed by atoms with Gasteiger partial charge in [0.25, 0.3) is 0 Å². The van der Waals surface area contributed by atoms with Crippen LogP contribution in [0.25, 0.3) is 27.5 Å². The van der Waals surface area contributed by atoms with E-state index in [-0.39, 0.29) is 8.90 Å². The van der Waals surface area contributed by atoms with Crippen LogP contribution in [0.3, 0.4) is 0 Å². The molecule has 1 saturated carbocycles. The Hall–Kier alpha value is -2.11. The van der Waals surface area contributed by atoms with Gasteiger partial charge in [0, 0.05) is 22.0 Å². The van der Waals surface area contributed by atoms with Crippen molar-refractivity contribution in [2.45, 2.75) is 35.6 Å². The van der Waals surface area contributed by atoms with E-state index in [1.807, 2.05) is 0 Å². The Labute approximate surface area is 193 Å². The van der Waals surface area contributed by atoms with Crippen molar-refractivity contribution in [3.05, 3.63) is 78.4 Å². The van der Waals surface area contributed by atoms with Crippen molar-refractivity contribution in [3.8, 4) is 5.69 Å². The van der Waals surface area contributed by atoms with Gasteiger partial charge in [0.1, 0.15) is 10.3 Å². The number of rotatable bonds is 4. The molecule has 30 heavy (non-hydrogen) atoms. The summed E-state index contributed by atoms with van der Waals surface area (Å²) in [7, 11) is 0. The zero-order valence-electron chi connectivity index (χ0n) is 17.0. The number of nitrogens with one attached hydrogen (secondary N) is 1. The van der Waals surface area contributed by atoms with Gasteiger partial charge in [-0.25, -0.2) is 4.99 Å². The van der Waals surface area contributed by atoms with E-state index in [9.17, 15) is 0 Å². The molecular formula is C25H23Br2N3. The molecule has 0 radical (unpaired) electrons. The van der Waals surface area contributed by atoms with Crippen LogP contribution in [0.4, 0.5) is 0 Å². The fourth-order valence-corrected chi connectivity index (χ4v) is 4.40. The van der Waals surface area contributed by atoms with Gasteiger partial charge in [-0.05, 0) is 63.1 Å². The third-order valence-corrected chi connectivity index (χ3v) is 6.52. The van der Waals surface area contributed by atoms with E-state index >= 15 is 0 Å². The Balaban J connectivity index is 1.73. The van der Waals surface area contributed by atoms with Crippen LogP contribution in [0.15, 0.2) is 77.8 Å². The van der Waals surface area contributed by atoms with Crippen molar-refractivity contribution < 1.29 is 0 Å². The number of hydrogen-bond acceptors (Lipinski definition) is 1. The molecule has 3 aromatic carbocycles. The highest BCUT2D eigenvalue weighted by atomic mass is 79.9. The Morgan fingerprint density at radius 3 is 2.30 bits per heavy atom. The van der Waals surface area contributed by atoms with Gasteiger partial charge in [0.05, 0.1) is 15.5 Å². The predicted octanol–water partition coefficient (Wildman–Crippen LogP) is 7.14. The van der Waals surface area contributed by atoms with Crippen LogP contribution in [-0.2, 0) is 0 Å². The van der Waals surface area contributed by atoms with Crippen molar-refractivity contribution in [1.29, 1.82) is 0 Å². The molecule has 0 aliphatic heterocycles. The SMILES string of the molecule is CC(C)(Br)NC(=NC1(Br)CC1)c1ccc2c(c1)c1ccccc1n2-c1ccccc1. The minimum absolute atomic E-state index is 0.124. The summed E-state index contributed by atoms with van der Waals surface area (Å²) in [5.41, 5.74) is 4.67. The van der Waals surface area contributed by atoms with Crippen molar-refractivity contribution >= 4 is 59.5 Å². The van der Waals surface area contributed by atoms with Crippen LogP contribution in [0, 0.1) is 0 Å². The highest BCUT2D eigenvalue weighted by Crippen LogP contribution is 2.46. The zero-order valence-corrected chi connectivity index (χ0v) is 20.2. The number of aliphatic imine (C=N–C) groups is 1. The molecule has 1 aliphatic carbocycles. The third-order valence-electron chi connectivity index (χ3n) is 5.35. The summed E-state index contributed by atoms with van der Waals surface area (Å²) in [6, 6.07) is 25.8. The largest absolute Gasteiger partial charge is 0.355 e. The van der Waals surface area contributed by atoms with Gasteiger partial charge in [-0.3, -0.25) is 0 Å². The second-order valence-electron chi connectivity index (χ2n) is 8.40. The fourth-order valence-electron chi connectivity index (χ4n) is 3.84. The first kappa shape index (κ1) is 19.8. The number of para-hydroxylation sites is 2. The molecule has 0 amide bonds. The first-order chi connectivity index (χ1) is 14.3. The number of alkyl halides is 2. The van der Waals surface area contributed by atoms with Crippen LogP contribution in [-0.4, -0.2) is 19.3 Å². The fraction of sp³-hybridized carbons (Fsp3) is 0.240. The molecule has 5 rings (SSSR count). The van der Waals surface area contributed by atoms with Crippen molar-refractivity contribution in [2.24, 2.45) is 4.99 Å². The lowest BCUT2D eigenvalue weighted by Gasteiger charge is -2.22. The van der Waals surface area contributed by atoms with Gasteiger partial charge in [0.15, 0.2) is 0 Å². The van der Waals surface area contributed by atoms with E-state index in [1.165, 1.54) is 27.5 Å². The molecule has 3 nitrogen and oxygen atoms in total. The van der Waals surface area contributed by atoms with Crippen LogP contribution < -0.4 is 5.32 Å². The summed E-state index contributed by atoms with van der Waals surface area (Å²) in [4.78, 5) is 5.01. The Morgan fingerprint density at radius 1 is 0.933 bits per heavy atom. The molecule has 1 fully saturated rings. The van der Waals surface area contributed by atoms with E-state index in [0.29, 0.717) is 0 Å². The Bertz CT molecular complexity index is 1260. The van der Waals surface area contributed by atoms with Gasteiger partial charge >= 0.3 is 0 Å². The molecule has 0 unspecified atom stereocenters. The summed E-state index contributed by atoms with van der Waals surface area (Å²) >= 11 is 7.49. The van der Waals surface area contributed by atoms with E-state index in [1.54, 1.807) is 0 Å². The van der Waals surface area contributed by atoms with Crippen LogP contribution in [0.5, 0.6) is 0 Å². The van der Waals surface area contributed by atoms with Crippen LogP contribution in [0.2, 0.25) is 0 Å². The number of aromatic nitrogens is 1. The maximum atomic E-state index is 5.01. The molecule has 152 valence electrons. The van der Waals surface area contributed by atoms with Crippen LogP contribution in [0.1, 0.15) is 32.3 Å². The molecule has 0 saturated heterocycles. The smallest absolute Gasteiger partial charge is 0.130 e. The summed E-state index contributed by atoms with van der Waals surface area (Å²) in [5, 5.41) is 6.03. The average molecular weight is 525 g/mol. The number of benzene rings is 3. The Morgan fingerprint density at radius 2 is 1.60 bits per heavy atom. The van der Waals surface area contributed by atoms with E-state index in [2.05, 4.69) is 128 Å². The van der Waals surface area contributed by atoms with Crippen molar-refractivity contribution in [1.82, 2.24) is 9.88 Å². The zero-order chi connectivity index (χ0) is 20.9. The molecule has 5 heteroatoms. The summed E-state index contributed by atoms with van der Waals surface area (Å²) in [6.07, 6.45) is 2.13. The maximum absolute atomic E-state index is 5.01. The molecule has 1 aromatic heterocycles. The Kier molecular flexibility index (Phi) is 4.79. The first-order valence-corrected chi connectivity index (χ1v) is 11.8. The average Bonchev–Trinajstić information content (AvgIpc) is 3.35. The monoisotopic (exact) mass is 523 g/mol. The molecule has 1 heterocycles. The topological polar surface area (TPSA) is 29.3 Å². The molecule has 4 aromatic rings. The third kappa shape index (κ3) is 3.81. The van der Waals surface area contributed by atoms with Gasteiger partial charge in [0.2, 0.25) is 0 Å². The standard InChI is InChI=1S/C25H23Br2N3/c1-24(2,26)28-23(29-25(27)14-15-25)17-12-13-22-20(16-17)19-10-6-7-11-21(19)30(22)18-8-4-3-5-9-18/h3-13,16H,14-15H2,1-2H3,(H,28,29). The second kappa shape index (κ2) is 7.24. The first-order valence-electron chi connectivity index (χ1n) is 10.2. The lowest BCUT2D eigenvalue weighted by atomic mass is 10.1. The molecule has 1 aliphatic rings. The van der Waals surface area contributed by atoms with Crippen molar-refractivity contribution in [2.75, 3.05) is 0 Å². The quantitative estimate of drug-likeness (QED) is 0.131. The second-order valence-corrected chi connectivity index (χ2v) is 11.9. The number of halogens is 2. The maximum Gasteiger partial charge on any atom is 0.130 e. The molecule has 0 atom stereocenters. The van der Waals surface area contributed by atoms with Gasteiger partial charge in [-0.15, -0.1) is 0 Å². The van der Waals surface area contributed by atoms with Crippen molar-refractivity contribution in [3.63, 3.8) is 0 Å². The number of nitrogens with zero attached hydrogens (tertiary/aromatic N) is 2. The molecule has 0 bridgehead atoms. The van der Waals surface area contributed by atoms with Gasteiger partial charge in [-0.1, -0.05) is 68.3 Å². The van der Waals surface area contributed by atoms with Gasteiger partial charge < -0.3 is 9.88 Å². The highest BCUT2D eigenvalue weighted by molar-refractivity contribution is 9.10. The molecule has 1 N–H and O–H groups in total. The number of fused-ring (bicyclic) bond motifs is 3. The summed E-state index contributed by atoms with van der Waals surface area (Å²) in [5.74, 6) is 0.907. The van der Waals surface area contributed by atoms with E-state index in [4.69, 9.17) is 4.99 Å². The van der Waals surface area contributed by atoms with Gasteiger partial charge in [-0.2, -0.15) is 0 Å². The summed E-state index contributed by atoms with van der Waals surface area (Å²) < 4.78 is 1.96. The van der Waals surface area contributed by atoms with Crippen LogP contribution >= 0.6 is 31.9 Å². The molecular weight excluding hydrogens is 502 g/mol. The van der Waals surface area contributed by atoms with E-state index in [0.717, 1.165) is 24.2 Å². The number of amidine groups is 1.